The van der Waals surface area contributed by atoms with Crippen molar-refractivity contribution in [3.63, 3.8) is 0 Å². The van der Waals surface area contributed by atoms with Gasteiger partial charge in [0.15, 0.2) is 6.61 Å². The van der Waals surface area contributed by atoms with Crippen LogP contribution in [0.15, 0.2) is 17.0 Å². The molecule has 25 heavy (non-hydrogen) atoms. The average molecular weight is 407 g/mol. The molecule has 1 aromatic rings. The first-order valence-electron chi connectivity index (χ1n) is 7.66. The first kappa shape index (κ1) is 18.4. The zero-order chi connectivity index (χ0) is 18.4. The lowest BCUT2D eigenvalue weighted by atomic mass is 10.1. The fraction of sp³-hybridized carbons (Fsp3) is 0.467. The van der Waals surface area contributed by atoms with Crippen LogP contribution in [-0.4, -0.2) is 55.4 Å². The topological polar surface area (TPSA) is 84.0 Å². The van der Waals surface area contributed by atoms with Gasteiger partial charge in [-0.25, -0.2) is 18.1 Å². The van der Waals surface area contributed by atoms with Crippen LogP contribution in [-0.2, 0) is 19.6 Å². The highest BCUT2D eigenvalue weighted by Gasteiger charge is 2.40. The number of imide groups is 1. The molecule has 0 spiro atoms. The maximum Gasteiger partial charge on any atom is 0.417 e. The Balaban J connectivity index is 1.77. The lowest BCUT2D eigenvalue weighted by Gasteiger charge is -2.34. The summed E-state index contributed by atoms with van der Waals surface area (Å²) in [4.78, 5) is 24.4. The zero-order valence-electron chi connectivity index (χ0n) is 13.4. The Kier molecular flexibility index (Phi) is 4.98. The normalized spacial score (nSPS) is 20.2. The van der Waals surface area contributed by atoms with Crippen molar-refractivity contribution in [2.45, 2.75) is 30.7 Å². The van der Waals surface area contributed by atoms with Gasteiger partial charge in [-0.05, 0) is 37.5 Å². The van der Waals surface area contributed by atoms with Crippen molar-refractivity contribution in [2.24, 2.45) is 0 Å². The van der Waals surface area contributed by atoms with Crippen molar-refractivity contribution in [3.05, 3.63) is 27.7 Å². The molecule has 0 radical (unpaired) electrons. The predicted octanol–water partition coefficient (Wildman–Crippen LogP) is 2.43. The largest absolute Gasteiger partial charge is 0.439 e. The van der Waals surface area contributed by atoms with Crippen LogP contribution in [0, 0.1) is 6.92 Å². The van der Waals surface area contributed by atoms with Gasteiger partial charge >= 0.3 is 6.09 Å². The monoisotopic (exact) mass is 406 g/mol. The number of carbonyl (C=O) groups is 2. The number of sulfonamides is 1. The van der Waals surface area contributed by atoms with Crippen molar-refractivity contribution < 1.29 is 22.7 Å². The number of piperidine rings is 1. The molecule has 10 heteroatoms. The van der Waals surface area contributed by atoms with Crippen molar-refractivity contribution >= 4 is 45.2 Å². The number of amides is 2. The minimum atomic E-state index is -3.78. The summed E-state index contributed by atoms with van der Waals surface area (Å²) in [5.41, 5.74) is 0.616. The second-order valence-corrected chi connectivity index (χ2v) is 8.71. The number of hydrogen-bond donors (Lipinski definition) is 0. The van der Waals surface area contributed by atoms with Gasteiger partial charge in [-0.15, -0.1) is 0 Å². The van der Waals surface area contributed by atoms with Gasteiger partial charge < -0.3 is 4.74 Å². The van der Waals surface area contributed by atoms with Crippen molar-refractivity contribution in [3.8, 4) is 0 Å². The van der Waals surface area contributed by atoms with Crippen LogP contribution in [0.5, 0.6) is 0 Å². The molecule has 2 fully saturated rings. The van der Waals surface area contributed by atoms with Gasteiger partial charge in [0, 0.05) is 24.2 Å². The Labute approximate surface area is 155 Å². The highest BCUT2D eigenvalue weighted by molar-refractivity contribution is 7.89. The van der Waals surface area contributed by atoms with E-state index >= 15 is 0 Å². The molecule has 0 N–H and O–H groups in total. The Morgan fingerprint density at radius 1 is 1.12 bits per heavy atom. The smallest absolute Gasteiger partial charge is 0.417 e. The summed E-state index contributed by atoms with van der Waals surface area (Å²) in [6.07, 6.45) is 0.0387. The average Bonchev–Trinajstić information content (AvgIpc) is 2.89. The number of nitrogens with zero attached hydrogens (tertiary/aromatic N) is 2. The number of halogens is 2. The van der Waals surface area contributed by atoms with Crippen LogP contribution in [0.2, 0.25) is 10.0 Å². The second-order valence-electron chi connectivity index (χ2n) is 5.99. The Morgan fingerprint density at radius 2 is 1.76 bits per heavy atom. The van der Waals surface area contributed by atoms with Gasteiger partial charge in [0.05, 0.1) is 5.02 Å². The highest BCUT2D eigenvalue weighted by atomic mass is 35.5. The van der Waals surface area contributed by atoms with E-state index in [0.717, 1.165) is 4.90 Å². The summed E-state index contributed by atoms with van der Waals surface area (Å²) < 4.78 is 31.7. The number of cyclic esters (lactones) is 1. The Bertz CT molecular complexity index is 819. The number of hydrogen-bond acceptors (Lipinski definition) is 5. The van der Waals surface area contributed by atoms with E-state index in [0.29, 0.717) is 23.4 Å². The number of ether oxygens (including phenoxy) is 1. The molecule has 1 aromatic carbocycles. The summed E-state index contributed by atoms with van der Waals surface area (Å²) in [6.45, 7) is 1.82. The van der Waals surface area contributed by atoms with Gasteiger partial charge in [0.2, 0.25) is 10.0 Å². The summed E-state index contributed by atoms with van der Waals surface area (Å²) in [5.74, 6) is -0.386. The van der Waals surface area contributed by atoms with E-state index < -0.39 is 16.1 Å². The molecular formula is C15H16Cl2N2O5S. The van der Waals surface area contributed by atoms with Gasteiger partial charge in [0.25, 0.3) is 5.91 Å². The molecule has 2 aliphatic rings. The van der Waals surface area contributed by atoms with E-state index in [1.165, 1.54) is 16.4 Å². The van der Waals surface area contributed by atoms with Crippen molar-refractivity contribution in [2.75, 3.05) is 19.7 Å². The first-order valence-corrected chi connectivity index (χ1v) is 9.86. The maximum atomic E-state index is 12.9. The number of carbonyl (C=O) groups excluding carboxylic acids is 2. The van der Waals surface area contributed by atoms with Crippen LogP contribution < -0.4 is 0 Å². The summed E-state index contributed by atoms with van der Waals surface area (Å²) in [5, 5.41) is 0.463. The van der Waals surface area contributed by atoms with Crippen molar-refractivity contribution in [1.29, 1.82) is 0 Å². The van der Waals surface area contributed by atoms with E-state index in [2.05, 4.69) is 0 Å². The molecular weight excluding hydrogens is 391 g/mol. The van der Waals surface area contributed by atoms with E-state index in [1.54, 1.807) is 6.92 Å². The minimum Gasteiger partial charge on any atom is -0.439 e. The molecule has 3 rings (SSSR count). The van der Waals surface area contributed by atoms with E-state index in [9.17, 15) is 18.0 Å². The highest BCUT2D eigenvalue weighted by Crippen LogP contribution is 2.32. The summed E-state index contributed by atoms with van der Waals surface area (Å²) in [6, 6.07) is 2.51. The molecule has 2 heterocycles. The van der Waals surface area contributed by atoms with Gasteiger partial charge in [-0.3, -0.25) is 4.79 Å². The van der Waals surface area contributed by atoms with Crippen LogP contribution in [0.1, 0.15) is 18.4 Å². The fourth-order valence-corrected chi connectivity index (χ4v) is 5.30. The number of benzene rings is 1. The third-order valence-electron chi connectivity index (χ3n) is 4.40. The predicted molar refractivity (Wildman–Crippen MR) is 91.2 cm³/mol. The van der Waals surface area contributed by atoms with Crippen LogP contribution in [0.4, 0.5) is 4.79 Å². The standard InChI is InChI=1S/C15H16Cl2N2O5S/c1-9-6-13(12(17)7-11(9)16)25(22,23)18-4-2-10(3-5-18)19-14(20)8-24-15(19)21/h6-7,10H,2-5,8H2,1H3. The second kappa shape index (κ2) is 6.75. The number of aryl methyl sites for hydroxylation is 1. The van der Waals surface area contributed by atoms with Crippen LogP contribution >= 0.6 is 23.2 Å². The van der Waals surface area contributed by atoms with Gasteiger partial charge in [-0.2, -0.15) is 4.31 Å². The van der Waals surface area contributed by atoms with E-state index in [-0.39, 0.29) is 41.6 Å². The van der Waals surface area contributed by atoms with Crippen LogP contribution in [0.25, 0.3) is 0 Å². The summed E-state index contributed by atoms with van der Waals surface area (Å²) in [7, 11) is -3.78. The minimum absolute atomic E-state index is 0.00572. The lowest BCUT2D eigenvalue weighted by molar-refractivity contribution is -0.127. The molecule has 7 nitrogen and oxygen atoms in total. The molecule has 0 unspecified atom stereocenters. The Morgan fingerprint density at radius 3 is 2.32 bits per heavy atom. The molecule has 0 saturated carbocycles. The van der Waals surface area contributed by atoms with Crippen LogP contribution in [0.3, 0.4) is 0 Å². The molecule has 2 aliphatic heterocycles. The summed E-state index contributed by atoms with van der Waals surface area (Å²) >= 11 is 12.0. The van der Waals surface area contributed by atoms with Crippen molar-refractivity contribution in [1.82, 2.24) is 9.21 Å². The third kappa shape index (κ3) is 3.36. The SMILES string of the molecule is Cc1cc(S(=O)(=O)N2CCC(N3C(=O)COC3=O)CC2)c(Cl)cc1Cl. The van der Waals surface area contributed by atoms with Gasteiger partial charge in [0.1, 0.15) is 4.90 Å². The Hall–Kier alpha value is -1.35. The third-order valence-corrected chi connectivity index (χ3v) is 7.17. The first-order chi connectivity index (χ1) is 11.7. The molecule has 2 saturated heterocycles. The molecule has 2 amide bonds. The number of rotatable bonds is 3. The zero-order valence-corrected chi connectivity index (χ0v) is 15.7. The maximum absolute atomic E-state index is 12.9. The molecule has 0 atom stereocenters. The molecule has 0 bridgehead atoms. The quantitative estimate of drug-likeness (QED) is 0.769. The molecule has 0 aliphatic carbocycles. The fourth-order valence-electron chi connectivity index (χ4n) is 3.03. The lowest BCUT2D eigenvalue weighted by Crippen LogP contribution is -2.48. The van der Waals surface area contributed by atoms with Gasteiger partial charge in [-0.1, -0.05) is 23.2 Å². The van der Waals surface area contributed by atoms with E-state index in [4.69, 9.17) is 27.9 Å². The molecule has 136 valence electrons. The molecule has 0 aromatic heterocycles. The van der Waals surface area contributed by atoms with E-state index in [1.807, 2.05) is 0 Å².